The zero-order chi connectivity index (χ0) is 14.9. The molecule has 0 spiro atoms. The molecule has 0 rings (SSSR count). The van der Waals surface area contributed by atoms with Crippen molar-refractivity contribution in [3.8, 4) is 0 Å². The number of carbonyl (C=O) groups excluding carboxylic acids is 2. The van der Waals surface area contributed by atoms with Crippen LogP contribution in [0.25, 0.3) is 0 Å². The highest BCUT2D eigenvalue weighted by Crippen LogP contribution is 2.25. The summed E-state index contributed by atoms with van der Waals surface area (Å²) in [4.78, 5) is 22.8. The van der Waals surface area contributed by atoms with Crippen molar-refractivity contribution in [2.24, 2.45) is 0 Å². The number of esters is 2. The van der Waals surface area contributed by atoms with E-state index in [0.29, 0.717) is 0 Å². The molecule has 0 aromatic rings. The number of rotatable bonds is 9. The Kier molecular flexibility index (Phi) is 8.67. The van der Waals surface area contributed by atoms with Crippen molar-refractivity contribution in [3.05, 3.63) is 0 Å². The first-order chi connectivity index (χ1) is 8.96. The second kappa shape index (κ2) is 9.09. The van der Waals surface area contributed by atoms with Gasteiger partial charge >= 0.3 is 11.9 Å². The Bertz CT molecular complexity index is 262. The van der Waals surface area contributed by atoms with Crippen molar-refractivity contribution >= 4 is 20.3 Å². The molecule has 0 aromatic heterocycles. The third kappa shape index (κ3) is 6.20. The van der Waals surface area contributed by atoms with E-state index in [4.69, 9.17) is 4.43 Å². The molecule has 0 aliphatic heterocycles. The molecule has 0 amide bonds. The number of carbonyl (C=O) groups is 2. The monoisotopic (exact) mass is 290 g/mol. The highest BCUT2D eigenvalue weighted by Gasteiger charge is 2.33. The molecule has 0 radical (unpaired) electrons. The highest BCUT2D eigenvalue weighted by molar-refractivity contribution is 6.73. The van der Waals surface area contributed by atoms with Crippen LogP contribution in [-0.2, 0) is 23.5 Å². The van der Waals surface area contributed by atoms with E-state index in [9.17, 15) is 9.59 Å². The maximum atomic E-state index is 11.4. The fourth-order valence-corrected chi connectivity index (χ4v) is 4.92. The first-order valence-electron chi connectivity index (χ1n) is 6.78. The molecule has 0 aliphatic rings. The molecule has 0 saturated carbocycles. The molecule has 0 saturated heterocycles. The van der Waals surface area contributed by atoms with E-state index < -0.39 is 14.4 Å². The zero-order valence-electron chi connectivity index (χ0n) is 12.7. The largest absolute Gasteiger partial charge is 0.469 e. The standard InChI is InChI=1S/C13H26O5Si/c1-6-19(7-2,8-3)18-11(9-12(14)16-4)10-13(15)17-5/h11H,6-10H2,1-5H3. The van der Waals surface area contributed by atoms with Crippen LogP contribution in [0.3, 0.4) is 0 Å². The summed E-state index contributed by atoms with van der Waals surface area (Å²) in [6, 6.07) is 2.91. The fraction of sp³-hybridized carbons (Fsp3) is 0.846. The van der Waals surface area contributed by atoms with E-state index in [1.54, 1.807) is 0 Å². The van der Waals surface area contributed by atoms with Gasteiger partial charge in [-0.3, -0.25) is 9.59 Å². The summed E-state index contributed by atoms with van der Waals surface area (Å²) in [5, 5.41) is 0. The van der Waals surface area contributed by atoms with Gasteiger partial charge in [-0.25, -0.2) is 0 Å². The Labute approximate surface area is 116 Å². The van der Waals surface area contributed by atoms with Crippen molar-refractivity contribution in [3.63, 3.8) is 0 Å². The zero-order valence-corrected chi connectivity index (χ0v) is 13.7. The predicted molar refractivity (Wildman–Crippen MR) is 75.3 cm³/mol. The van der Waals surface area contributed by atoms with Crippen LogP contribution < -0.4 is 0 Å². The topological polar surface area (TPSA) is 61.8 Å². The quantitative estimate of drug-likeness (QED) is 0.482. The number of hydrogen-bond acceptors (Lipinski definition) is 5. The van der Waals surface area contributed by atoms with Gasteiger partial charge in [0.1, 0.15) is 0 Å². The fourth-order valence-electron chi connectivity index (χ4n) is 2.05. The van der Waals surface area contributed by atoms with E-state index >= 15 is 0 Å². The van der Waals surface area contributed by atoms with Gasteiger partial charge in [0.05, 0.1) is 33.2 Å². The number of hydrogen-bond donors (Lipinski definition) is 0. The summed E-state index contributed by atoms with van der Waals surface area (Å²) >= 11 is 0. The van der Waals surface area contributed by atoms with Gasteiger partial charge < -0.3 is 13.9 Å². The van der Waals surface area contributed by atoms with E-state index in [1.165, 1.54) is 14.2 Å². The van der Waals surface area contributed by atoms with Crippen LogP contribution in [0, 0.1) is 0 Å². The van der Waals surface area contributed by atoms with Crippen molar-refractivity contribution in [2.45, 2.75) is 57.8 Å². The third-order valence-corrected chi connectivity index (χ3v) is 8.29. The molecular formula is C13H26O5Si. The van der Waals surface area contributed by atoms with Crippen LogP contribution in [-0.4, -0.2) is 40.6 Å². The molecule has 0 unspecified atom stereocenters. The van der Waals surface area contributed by atoms with Gasteiger partial charge in [-0.05, 0) is 18.1 Å². The normalized spacial score (nSPS) is 11.5. The molecular weight excluding hydrogens is 264 g/mol. The molecule has 5 nitrogen and oxygen atoms in total. The Balaban J connectivity index is 4.81. The summed E-state index contributed by atoms with van der Waals surface area (Å²) in [6.07, 6.45) is -0.243. The van der Waals surface area contributed by atoms with E-state index in [1.807, 2.05) is 0 Å². The Morgan fingerprint density at radius 3 is 1.53 bits per heavy atom. The van der Waals surface area contributed by atoms with Crippen LogP contribution in [0.4, 0.5) is 0 Å². The van der Waals surface area contributed by atoms with E-state index in [2.05, 4.69) is 30.2 Å². The summed E-state index contributed by atoms with van der Waals surface area (Å²) in [6.45, 7) is 6.31. The molecule has 0 aromatic carbocycles. The molecule has 0 N–H and O–H groups in total. The first-order valence-corrected chi connectivity index (χ1v) is 9.31. The molecule has 0 fully saturated rings. The van der Waals surface area contributed by atoms with Crippen molar-refractivity contribution in [1.82, 2.24) is 0 Å². The van der Waals surface area contributed by atoms with Crippen molar-refractivity contribution < 1.29 is 23.5 Å². The maximum absolute atomic E-state index is 11.4. The van der Waals surface area contributed by atoms with Crippen LogP contribution in [0.5, 0.6) is 0 Å². The van der Waals surface area contributed by atoms with Crippen LogP contribution in [0.1, 0.15) is 33.6 Å². The lowest BCUT2D eigenvalue weighted by Crippen LogP contribution is -2.41. The molecule has 0 bridgehead atoms. The van der Waals surface area contributed by atoms with E-state index in [-0.39, 0.29) is 24.8 Å². The Morgan fingerprint density at radius 1 is 0.895 bits per heavy atom. The van der Waals surface area contributed by atoms with Gasteiger partial charge in [0.15, 0.2) is 8.32 Å². The average molecular weight is 290 g/mol. The lowest BCUT2D eigenvalue weighted by Gasteiger charge is -2.32. The minimum Gasteiger partial charge on any atom is -0.469 e. The Hall–Kier alpha value is -0.883. The van der Waals surface area contributed by atoms with Gasteiger partial charge in [0, 0.05) is 0 Å². The SMILES string of the molecule is CC[Si](CC)(CC)OC(CC(=O)OC)CC(=O)OC. The van der Waals surface area contributed by atoms with Crippen molar-refractivity contribution in [1.29, 1.82) is 0 Å². The lowest BCUT2D eigenvalue weighted by molar-refractivity contribution is -0.145. The summed E-state index contributed by atoms with van der Waals surface area (Å²) in [5.74, 6) is -0.722. The second-order valence-corrected chi connectivity index (χ2v) is 9.27. The average Bonchev–Trinajstić information content (AvgIpc) is 2.44. The predicted octanol–water partition coefficient (Wildman–Crippen LogP) is 2.50. The first kappa shape index (κ1) is 18.1. The van der Waals surface area contributed by atoms with Gasteiger partial charge in [-0.2, -0.15) is 0 Å². The van der Waals surface area contributed by atoms with Crippen molar-refractivity contribution in [2.75, 3.05) is 14.2 Å². The van der Waals surface area contributed by atoms with Crippen LogP contribution >= 0.6 is 0 Å². The second-order valence-electron chi connectivity index (χ2n) is 4.54. The van der Waals surface area contributed by atoms with Crippen LogP contribution in [0.15, 0.2) is 0 Å². The third-order valence-electron chi connectivity index (χ3n) is 3.59. The molecule has 0 atom stereocenters. The number of methoxy groups -OCH3 is 2. The minimum absolute atomic E-state index is 0.0976. The molecule has 112 valence electrons. The summed E-state index contributed by atoms with van der Waals surface area (Å²) < 4.78 is 15.5. The smallest absolute Gasteiger partial charge is 0.308 e. The highest BCUT2D eigenvalue weighted by atomic mass is 28.4. The summed E-state index contributed by atoms with van der Waals surface area (Å²) in [7, 11) is 0.815. The molecule has 6 heteroatoms. The van der Waals surface area contributed by atoms with Gasteiger partial charge in [0.25, 0.3) is 0 Å². The van der Waals surface area contributed by atoms with Gasteiger partial charge in [-0.1, -0.05) is 20.8 Å². The molecule has 0 aliphatic carbocycles. The van der Waals surface area contributed by atoms with E-state index in [0.717, 1.165) is 18.1 Å². The summed E-state index contributed by atoms with van der Waals surface area (Å²) in [5.41, 5.74) is 0. The van der Waals surface area contributed by atoms with Crippen LogP contribution in [0.2, 0.25) is 18.1 Å². The Morgan fingerprint density at radius 2 is 1.26 bits per heavy atom. The minimum atomic E-state index is -1.86. The van der Waals surface area contributed by atoms with Gasteiger partial charge in [-0.15, -0.1) is 0 Å². The van der Waals surface area contributed by atoms with Gasteiger partial charge in [0.2, 0.25) is 0 Å². The number of ether oxygens (including phenoxy) is 2. The molecule has 0 heterocycles. The molecule has 19 heavy (non-hydrogen) atoms. The lowest BCUT2D eigenvalue weighted by atomic mass is 10.2. The maximum Gasteiger partial charge on any atom is 0.308 e.